The smallest absolute Gasteiger partial charge is 0.258 e. The normalized spacial score (nSPS) is 12.8. The highest BCUT2D eigenvalue weighted by atomic mass is 35.5. The minimum absolute atomic E-state index is 0.159. The second-order valence-corrected chi connectivity index (χ2v) is 6.32. The van der Waals surface area contributed by atoms with Crippen LogP contribution in [0.25, 0.3) is 0 Å². The minimum atomic E-state index is -0.520. The number of primary amides is 1. The summed E-state index contributed by atoms with van der Waals surface area (Å²) in [6.45, 7) is 1.23. The van der Waals surface area contributed by atoms with E-state index in [1.54, 1.807) is 24.3 Å². The van der Waals surface area contributed by atoms with Gasteiger partial charge in [0.05, 0.1) is 18.2 Å². The molecule has 0 radical (unpaired) electrons. The second-order valence-electron chi connectivity index (χ2n) is 5.91. The van der Waals surface area contributed by atoms with Crippen molar-refractivity contribution in [3.63, 3.8) is 0 Å². The number of hydrogen-bond donors (Lipinski definition) is 2. The monoisotopic (exact) mass is 390 g/mol. The minimum Gasteiger partial charge on any atom is -0.489 e. The van der Waals surface area contributed by atoms with Crippen LogP contribution in [0.2, 0.25) is 5.02 Å². The Morgan fingerprint density at radius 3 is 2.63 bits per heavy atom. The predicted octanol–water partition coefficient (Wildman–Crippen LogP) is 2.30. The SMILES string of the molecule is NC(=O)c1ccc(OCC(=O)NCc2cc(Cl)c3c(c2)OCCCO3)cc1. The molecule has 3 N–H and O–H groups in total. The summed E-state index contributed by atoms with van der Waals surface area (Å²) in [5.41, 5.74) is 6.34. The summed E-state index contributed by atoms with van der Waals surface area (Å²) in [4.78, 5) is 23.0. The zero-order chi connectivity index (χ0) is 19.2. The van der Waals surface area contributed by atoms with Crippen LogP contribution in [-0.4, -0.2) is 31.6 Å². The van der Waals surface area contributed by atoms with Gasteiger partial charge in [0, 0.05) is 18.5 Å². The molecule has 0 saturated heterocycles. The van der Waals surface area contributed by atoms with Gasteiger partial charge >= 0.3 is 0 Å². The lowest BCUT2D eigenvalue weighted by molar-refractivity contribution is -0.123. The van der Waals surface area contributed by atoms with Crippen molar-refractivity contribution >= 4 is 23.4 Å². The van der Waals surface area contributed by atoms with Gasteiger partial charge in [0.25, 0.3) is 5.91 Å². The van der Waals surface area contributed by atoms with E-state index in [-0.39, 0.29) is 19.1 Å². The largest absolute Gasteiger partial charge is 0.489 e. The van der Waals surface area contributed by atoms with Crippen molar-refractivity contribution in [2.75, 3.05) is 19.8 Å². The van der Waals surface area contributed by atoms with Gasteiger partial charge < -0.3 is 25.3 Å². The molecular weight excluding hydrogens is 372 g/mol. The molecule has 2 aromatic rings. The standard InChI is InChI=1S/C19H19ClN2O5/c20-15-8-12(9-16-18(15)26-7-1-6-25-16)10-22-17(23)11-27-14-4-2-13(3-5-14)19(21)24/h2-5,8-9H,1,6-7,10-11H2,(H2,21,24)(H,22,23). The van der Waals surface area contributed by atoms with E-state index in [0.717, 1.165) is 12.0 Å². The Morgan fingerprint density at radius 2 is 1.89 bits per heavy atom. The molecule has 1 aliphatic heterocycles. The first-order chi connectivity index (χ1) is 13.0. The Kier molecular flexibility index (Phi) is 6.03. The summed E-state index contributed by atoms with van der Waals surface area (Å²) in [5.74, 6) is 0.765. The fourth-order valence-corrected chi connectivity index (χ4v) is 2.79. The van der Waals surface area contributed by atoms with Crippen LogP contribution >= 0.6 is 11.6 Å². The predicted molar refractivity (Wildman–Crippen MR) is 99.4 cm³/mol. The van der Waals surface area contributed by atoms with Crippen molar-refractivity contribution in [2.24, 2.45) is 5.73 Å². The zero-order valence-electron chi connectivity index (χ0n) is 14.5. The van der Waals surface area contributed by atoms with E-state index in [1.165, 1.54) is 12.1 Å². The first-order valence-corrected chi connectivity index (χ1v) is 8.78. The average Bonchev–Trinajstić information content (AvgIpc) is 2.91. The van der Waals surface area contributed by atoms with Crippen molar-refractivity contribution in [2.45, 2.75) is 13.0 Å². The first kappa shape index (κ1) is 18.8. The van der Waals surface area contributed by atoms with Crippen molar-refractivity contribution in [1.82, 2.24) is 5.32 Å². The van der Waals surface area contributed by atoms with Crippen LogP contribution < -0.4 is 25.3 Å². The summed E-state index contributed by atoms with van der Waals surface area (Å²) >= 11 is 6.24. The zero-order valence-corrected chi connectivity index (χ0v) is 15.3. The van der Waals surface area contributed by atoms with E-state index >= 15 is 0 Å². The van der Waals surface area contributed by atoms with E-state index < -0.39 is 5.91 Å². The molecule has 0 unspecified atom stereocenters. The number of rotatable bonds is 6. The Morgan fingerprint density at radius 1 is 1.15 bits per heavy atom. The molecule has 7 nitrogen and oxygen atoms in total. The number of hydrogen-bond acceptors (Lipinski definition) is 5. The van der Waals surface area contributed by atoms with Crippen molar-refractivity contribution in [3.8, 4) is 17.2 Å². The maximum absolute atomic E-state index is 12.0. The van der Waals surface area contributed by atoms with Gasteiger partial charge in [-0.1, -0.05) is 11.6 Å². The number of carbonyl (C=O) groups is 2. The maximum Gasteiger partial charge on any atom is 0.258 e. The number of fused-ring (bicyclic) bond motifs is 1. The van der Waals surface area contributed by atoms with E-state index in [9.17, 15) is 9.59 Å². The molecule has 1 aliphatic rings. The van der Waals surface area contributed by atoms with Crippen LogP contribution in [-0.2, 0) is 11.3 Å². The van der Waals surface area contributed by atoms with Crippen LogP contribution in [0, 0.1) is 0 Å². The first-order valence-electron chi connectivity index (χ1n) is 8.40. The number of carbonyl (C=O) groups excluding carboxylic acids is 2. The van der Waals surface area contributed by atoms with Crippen LogP contribution in [0.5, 0.6) is 17.2 Å². The quantitative estimate of drug-likeness (QED) is 0.788. The molecule has 2 amide bonds. The summed E-state index contributed by atoms with van der Waals surface area (Å²) in [6, 6.07) is 9.77. The second kappa shape index (κ2) is 8.64. The van der Waals surface area contributed by atoms with Crippen LogP contribution in [0.15, 0.2) is 36.4 Å². The molecule has 0 saturated carbocycles. The van der Waals surface area contributed by atoms with Crippen LogP contribution in [0.4, 0.5) is 0 Å². The third kappa shape index (κ3) is 5.04. The molecule has 0 aliphatic carbocycles. The molecule has 3 rings (SSSR count). The summed E-state index contributed by atoms with van der Waals surface area (Å²) in [6.07, 6.45) is 0.787. The molecule has 8 heteroatoms. The van der Waals surface area contributed by atoms with Gasteiger partial charge in [-0.05, 0) is 42.0 Å². The van der Waals surface area contributed by atoms with Gasteiger partial charge in [0.1, 0.15) is 5.75 Å². The molecule has 0 aromatic heterocycles. The lowest BCUT2D eigenvalue weighted by atomic mass is 10.2. The number of benzene rings is 2. The molecule has 1 heterocycles. The Labute approximate surface area is 161 Å². The molecule has 27 heavy (non-hydrogen) atoms. The number of amides is 2. The average molecular weight is 391 g/mol. The topological polar surface area (TPSA) is 99.9 Å². The third-order valence-electron chi connectivity index (χ3n) is 3.86. The van der Waals surface area contributed by atoms with E-state index in [2.05, 4.69) is 5.32 Å². The highest BCUT2D eigenvalue weighted by molar-refractivity contribution is 6.32. The van der Waals surface area contributed by atoms with Gasteiger partial charge in [-0.2, -0.15) is 0 Å². The van der Waals surface area contributed by atoms with Crippen LogP contribution in [0.3, 0.4) is 0 Å². The number of ether oxygens (including phenoxy) is 3. The summed E-state index contributed by atoms with van der Waals surface area (Å²) in [5, 5.41) is 3.20. The van der Waals surface area contributed by atoms with Crippen molar-refractivity contribution in [3.05, 3.63) is 52.5 Å². The summed E-state index contributed by atoms with van der Waals surface area (Å²) in [7, 11) is 0. The molecular formula is C19H19ClN2O5. The number of nitrogens with two attached hydrogens (primary N) is 1. The van der Waals surface area contributed by atoms with Crippen molar-refractivity contribution < 1.29 is 23.8 Å². The fraction of sp³-hybridized carbons (Fsp3) is 0.263. The maximum atomic E-state index is 12.0. The van der Waals surface area contributed by atoms with Gasteiger partial charge in [0.15, 0.2) is 18.1 Å². The van der Waals surface area contributed by atoms with Gasteiger partial charge in [-0.3, -0.25) is 9.59 Å². The molecule has 0 spiro atoms. The Balaban J connectivity index is 1.52. The van der Waals surface area contributed by atoms with Crippen molar-refractivity contribution in [1.29, 1.82) is 0 Å². The lowest BCUT2D eigenvalue weighted by Crippen LogP contribution is -2.28. The fourth-order valence-electron chi connectivity index (χ4n) is 2.50. The molecule has 0 bridgehead atoms. The highest BCUT2D eigenvalue weighted by Crippen LogP contribution is 2.37. The van der Waals surface area contributed by atoms with Crippen LogP contribution in [0.1, 0.15) is 22.3 Å². The lowest BCUT2D eigenvalue weighted by Gasteiger charge is -2.12. The molecule has 0 fully saturated rings. The Bertz CT molecular complexity index is 839. The highest BCUT2D eigenvalue weighted by Gasteiger charge is 2.16. The van der Waals surface area contributed by atoms with E-state index in [4.69, 9.17) is 31.5 Å². The Hall–Kier alpha value is -2.93. The van der Waals surface area contributed by atoms with Gasteiger partial charge in [-0.25, -0.2) is 0 Å². The summed E-state index contributed by atoms with van der Waals surface area (Å²) < 4.78 is 16.6. The van der Waals surface area contributed by atoms with Gasteiger partial charge in [0.2, 0.25) is 5.91 Å². The van der Waals surface area contributed by atoms with E-state index in [1.807, 2.05) is 0 Å². The molecule has 0 atom stereocenters. The number of nitrogens with one attached hydrogen (secondary N) is 1. The number of halogens is 1. The molecule has 2 aromatic carbocycles. The van der Waals surface area contributed by atoms with Gasteiger partial charge in [-0.15, -0.1) is 0 Å². The van der Waals surface area contributed by atoms with E-state index in [0.29, 0.717) is 41.0 Å². The third-order valence-corrected chi connectivity index (χ3v) is 4.14. The molecule has 142 valence electrons.